The van der Waals surface area contributed by atoms with Gasteiger partial charge in [-0.15, -0.1) is 0 Å². The van der Waals surface area contributed by atoms with Crippen LogP contribution in [0.1, 0.15) is 33.1 Å². The largest absolute Gasteiger partial charge is 0.489 e. The standard InChI is InChI=1S/C23H19Cl2FN4O3/c1-13-8-21(28-30(13)11-15-6-7-16(24)9-20(15)25)27-23(31)22-19(14(2)33-29-22)12-32-18-5-3-4-17(26)10-18/h3-10H,11-12H2,1-2H3,(H,27,28,31). The SMILES string of the molecule is Cc1onc(C(=O)Nc2cc(C)n(Cc3ccc(Cl)cc3Cl)n2)c1COc1cccc(F)c1. The first-order valence-electron chi connectivity index (χ1n) is 9.93. The minimum atomic E-state index is -0.501. The van der Waals surface area contributed by atoms with E-state index in [0.29, 0.717) is 39.5 Å². The number of halogens is 3. The first-order valence-corrected chi connectivity index (χ1v) is 10.7. The lowest BCUT2D eigenvalue weighted by Gasteiger charge is -2.07. The molecule has 0 aliphatic rings. The summed E-state index contributed by atoms with van der Waals surface area (Å²) >= 11 is 12.2. The van der Waals surface area contributed by atoms with E-state index < -0.39 is 11.7 Å². The van der Waals surface area contributed by atoms with Crippen LogP contribution in [0.2, 0.25) is 10.0 Å². The van der Waals surface area contributed by atoms with Crippen LogP contribution < -0.4 is 10.1 Å². The van der Waals surface area contributed by atoms with Gasteiger partial charge in [-0.2, -0.15) is 5.10 Å². The monoisotopic (exact) mass is 488 g/mol. The average Bonchev–Trinajstić information content (AvgIpc) is 3.30. The maximum atomic E-state index is 13.4. The van der Waals surface area contributed by atoms with Gasteiger partial charge in [-0.25, -0.2) is 4.39 Å². The zero-order chi connectivity index (χ0) is 23.5. The summed E-state index contributed by atoms with van der Waals surface area (Å²) in [5.41, 5.74) is 2.19. The van der Waals surface area contributed by atoms with E-state index >= 15 is 0 Å². The normalized spacial score (nSPS) is 10.9. The predicted molar refractivity (Wildman–Crippen MR) is 122 cm³/mol. The van der Waals surface area contributed by atoms with Crippen molar-refractivity contribution < 1.29 is 18.4 Å². The predicted octanol–water partition coefficient (Wildman–Crippen LogP) is 5.81. The van der Waals surface area contributed by atoms with Gasteiger partial charge in [-0.3, -0.25) is 9.48 Å². The molecule has 1 N–H and O–H groups in total. The third-order valence-electron chi connectivity index (χ3n) is 4.94. The van der Waals surface area contributed by atoms with Crippen molar-refractivity contribution in [3.05, 3.63) is 92.7 Å². The molecule has 1 amide bonds. The molecule has 4 aromatic rings. The molecule has 0 saturated carbocycles. The van der Waals surface area contributed by atoms with Gasteiger partial charge in [-0.05, 0) is 43.7 Å². The number of amides is 1. The number of nitrogens with one attached hydrogen (secondary N) is 1. The molecule has 0 bridgehead atoms. The Morgan fingerprint density at radius 3 is 2.76 bits per heavy atom. The van der Waals surface area contributed by atoms with E-state index in [1.807, 2.05) is 13.0 Å². The van der Waals surface area contributed by atoms with Crippen LogP contribution in [0.3, 0.4) is 0 Å². The van der Waals surface area contributed by atoms with E-state index in [4.69, 9.17) is 32.5 Å². The molecule has 33 heavy (non-hydrogen) atoms. The maximum Gasteiger partial charge on any atom is 0.279 e. The van der Waals surface area contributed by atoms with Gasteiger partial charge in [0.15, 0.2) is 11.5 Å². The molecule has 0 aliphatic carbocycles. The number of hydrogen-bond acceptors (Lipinski definition) is 5. The highest BCUT2D eigenvalue weighted by molar-refractivity contribution is 6.35. The third-order valence-corrected chi connectivity index (χ3v) is 5.52. The van der Waals surface area contributed by atoms with Crippen LogP contribution in [0.25, 0.3) is 0 Å². The first-order chi connectivity index (χ1) is 15.8. The number of carbonyl (C=O) groups excluding carboxylic acids is 1. The van der Waals surface area contributed by atoms with Crippen molar-refractivity contribution in [2.45, 2.75) is 27.0 Å². The second kappa shape index (κ2) is 9.64. The summed E-state index contributed by atoms with van der Waals surface area (Å²) in [4.78, 5) is 12.8. The average molecular weight is 489 g/mol. The van der Waals surface area contributed by atoms with Crippen LogP contribution in [-0.4, -0.2) is 20.8 Å². The number of benzene rings is 2. The van der Waals surface area contributed by atoms with E-state index in [1.165, 1.54) is 18.2 Å². The highest BCUT2D eigenvalue weighted by atomic mass is 35.5. The highest BCUT2D eigenvalue weighted by Crippen LogP contribution is 2.23. The van der Waals surface area contributed by atoms with Crippen LogP contribution in [-0.2, 0) is 13.2 Å². The summed E-state index contributed by atoms with van der Waals surface area (Å²) < 4.78 is 25.9. The number of aromatic nitrogens is 3. The Morgan fingerprint density at radius 2 is 2.00 bits per heavy atom. The van der Waals surface area contributed by atoms with E-state index in [2.05, 4.69) is 15.6 Å². The van der Waals surface area contributed by atoms with Gasteiger partial charge in [0.25, 0.3) is 5.91 Å². The van der Waals surface area contributed by atoms with E-state index in [9.17, 15) is 9.18 Å². The zero-order valence-corrected chi connectivity index (χ0v) is 19.2. The summed E-state index contributed by atoms with van der Waals surface area (Å²) in [6.45, 7) is 3.94. The molecule has 7 nitrogen and oxygen atoms in total. The Morgan fingerprint density at radius 1 is 1.18 bits per heavy atom. The Balaban J connectivity index is 1.47. The molecule has 10 heteroatoms. The van der Waals surface area contributed by atoms with E-state index in [0.717, 1.165) is 11.3 Å². The molecule has 170 valence electrons. The fourth-order valence-electron chi connectivity index (χ4n) is 3.17. The van der Waals surface area contributed by atoms with Crippen molar-refractivity contribution in [1.82, 2.24) is 14.9 Å². The number of anilines is 1. The molecule has 2 aromatic heterocycles. The molecule has 0 spiro atoms. The van der Waals surface area contributed by atoms with Gasteiger partial charge in [0.2, 0.25) is 0 Å². The Bertz CT molecular complexity index is 1320. The minimum Gasteiger partial charge on any atom is -0.489 e. The van der Waals surface area contributed by atoms with Crippen molar-refractivity contribution in [3.8, 4) is 5.75 Å². The van der Waals surface area contributed by atoms with Gasteiger partial charge in [0, 0.05) is 27.9 Å². The molecule has 2 aromatic carbocycles. The fourth-order valence-corrected chi connectivity index (χ4v) is 3.64. The van der Waals surface area contributed by atoms with Crippen LogP contribution >= 0.6 is 23.2 Å². The van der Waals surface area contributed by atoms with Gasteiger partial charge in [0.1, 0.15) is 23.9 Å². The molecule has 0 radical (unpaired) electrons. The topological polar surface area (TPSA) is 82.2 Å². The van der Waals surface area contributed by atoms with E-state index in [1.54, 1.807) is 35.9 Å². The second-order valence-electron chi connectivity index (χ2n) is 7.33. The molecule has 2 heterocycles. The number of nitrogens with zero attached hydrogens (tertiary/aromatic N) is 3. The molecule has 0 saturated heterocycles. The van der Waals surface area contributed by atoms with Gasteiger partial charge in [0.05, 0.1) is 12.1 Å². The number of rotatable bonds is 7. The number of aryl methyl sites for hydroxylation is 2. The maximum absolute atomic E-state index is 13.4. The summed E-state index contributed by atoms with van der Waals surface area (Å²) in [5.74, 6) is 0.185. The number of ether oxygens (including phenoxy) is 1. The molecule has 0 unspecified atom stereocenters. The molecular weight excluding hydrogens is 470 g/mol. The lowest BCUT2D eigenvalue weighted by atomic mass is 10.2. The van der Waals surface area contributed by atoms with Crippen molar-refractivity contribution in [2.75, 3.05) is 5.32 Å². The lowest BCUT2D eigenvalue weighted by molar-refractivity contribution is 0.101. The highest BCUT2D eigenvalue weighted by Gasteiger charge is 2.22. The Labute approximate surface area is 199 Å². The quantitative estimate of drug-likeness (QED) is 0.354. The van der Waals surface area contributed by atoms with Gasteiger partial charge in [-0.1, -0.05) is 40.5 Å². The van der Waals surface area contributed by atoms with E-state index in [-0.39, 0.29) is 12.3 Å². The summed E-state index contributed by atoms with van der Waals surface area (Å²) in [5, 5.41) is 12.1. The van der Waals surface area contributed by atoms with Crippen molar-refractivity contribution in [3.63, 3.8) is 0 Å². The molecule has 4 rings (SSSR count). The summed E-state index contributed by atoms with van der Waals surface area (Å²) in [7, 11) is 0. The van der Waals surface area contributed by atoms with Crippen LogP contribution in [0.15, 0.2) is 53.1 Å². The van der Waals surface area contributed by atoms with Crippen LogP contribution in [0.4, 0.5) is 10.2 Å². The van der Waals surface area contributed by atoms with Crippen molar-refractivity contribution in [2.24, 2.45) is 0 Å². The van der Waals surface area contributed by atoms with Crippen molar-refractivity contribution >= 4 is 34.9 Å². The number of carbonyl (C=O) groups is 1. The summed E-state index contributed by atoms with van der Waals surface area (Å²) in [6.07, 6.45) is 0. The molecule has 0 fully saturated rings. The smallest absolute Gasteiger partial charge is 0.279 e. The van der Waals surface area contributed by atoms with Crippen LogP contribution in [0.5, 0.6) is 5.75 Å². The Kier molecular flexibility index (Phi) is 6.67. The molecule has 0 atom stereocenters. The second-order valence-corrected chi connectivity index (χ2v) is 8.17. The van der Waals surface area contributed by atoms with Crippen LogP contribution in [0, 0.1) is 19.7 Å². The first kappa shape index (κ1) is 22.8. The summed E-state index contributed by atoms with van der Waals surface area (Å²) in [6, 6.07) is 12.7. The van der Waals surface area contributed by atoms with Gasteiger partial charge >= 0.3 is 0 Å². The molecule has 0 aliphatic heterocycles. The minimum absolute atomic E-state index is 0.00985. The third kappa shape index (κ3) is 5.35. The Hall–Kier alpha value is -3.36. The molecular formula is C23H19Cl2FN4O3. The lowest BCUT2D eigenvalue weighted by Crippen LogP contribution is -2.16. The fraction of sp³-hybridized carbons (Fsp3) is 0.174. The van der Waals surface area contributed by atoms with Gasteiger partial charge < -0.3 is 14.6 Å². The van der Waals surface area contributed by atoms with Crippen molar-refractivity contribution in [1.29, 1.82) is 0 Å². The zero-order valence-electron chi connectivity index (χ0n) is 17.7. The number of hydrogen-bond donors (Lipinski definition) is 1.